The minimum atomic E-state index is 0.187. The lowest BCUT2D eigenvalue weighted by molar-refractivity contribution is -0.116. The van der Waals surface area contributed by atoms with Gasteiger partial charge >= 0.3 is 0 Å². The second-order valence-corrected chi connectivity index (χ2v) is 7.14. The van der Waals surface area contributed by atoms with Crippen LogP contribution in [0.3, 0.4) is 0 Å². The second kappa shape index (κ2) is 7.84. The van der Waals surface area contributed by atoms with Gasteiger partial charge in [-0.05, 0) is 65.2 Å². The van der Waals surface area contributed by atoms with Crippen LogP contribution >= 0.6 is 11.8 Å². The van der Waals surface area contributed by atoms with Gasteiger partial charge in [0, 0.05) is 16.2 Å². The summed E-state index contributed by atoms with van der Waals surface area (Å²) in [6.07, 6.45) is 2.88. The van der Waals surface area contributed by atoms with Crippen LogP contribution in [0.1, 0.15) is 40.0 Å². The molecule has 1 fully saturated rings. The summed E-state index contributed by atoms with van der Waals surface area (Å²) in [7, 11) is 2.14. The normalized spacial score (nSPS) is 16.8. The predicted octanol–water partition coefficient (Wildman–Crippen LogP) is 4.40. The molecule has 0 amide bonds. The Morgan fingerprint density at radius 3 is 2.20 bits per heavy atom. The summed E-state index contributed by atoms with van der Waals surface area (Å²) in [6, 6.07) is 0. The van der Waals surface area contributed by atoms with E-state index in [2.05, 4.69) is 39.0 Å². The molecule has 0 bridgehead atoms. The minimum Gasteiger partial charge on any atom is -0.306 e. The van der Waals surface area contributed by atoms with Gasteiger partial charge in [0.25, 0.3) is 0 Å². The Bertz CT molecular complexity index is 424. The molecule has 0 aromatic heterocycles. The van der Waals surface area contributed by atoms with E-state index in [4.69, 9.17) is 0 Å². The first-order valence-electron chi connectivity index (χ1n) is 7.23. The summed E-state index contributed by atoms with van der Waals surface area (Å²) in [5, 5.41) is 0. The van der Waals surface area contributed by atoms with Crippen molar-refractivity contribution in [3.05, 3.63) is 34.1 Å². The fourth-order valence-electron chi connectivity index (χ4n) is 2.20. The average Bonchev–Trinajstić information content (AvgIpc) is 2.40. The van der Waals surface area contributed by atoms with E-state index in [9.17, 15) is 4.79 Å². The molecular formula is C17H27NOS. The summed E-state index contributed by atoms with van der Waals surface area (Å²) in [5.41, 5.74) is 2.39. The highest BCUT2D eigenvalue weighted by Gasteiger charge is 2.21. The molecule has 2 nitrogen and oxygen atoms in total. The Morgan fingerprint density at radius 2 is 1.70 bits per heavy atom. The van der Waals surface area contributed by atoms with Gasteiger partial charge in [-0.1, -0.05) is 30.5 Å². The lowest BCUT2D eigenvalue weighted by Crippen LogP contribution is -2.31. The predicted molar refractivity (Wildman–Crippen MR) is 89.8 cm³/mol. The lowest BCUT2D eigenvalue weighted by atomic mass is 9.92. The van der Waals surface area contributed by atoms with E-state index in [0.29, 0.717) is 17.2 Å². The van der Waals surface area contributed by atoms with Crippen molar-refractivity contribution >= 4 is 17.5 Å². The van der Waals surface area contributed by atoms with Crippen LogP contribution in [0, 0.1) is 5.92 Å². The topological polar surface area (TPSA) is 20.3 Å². The van der Waals surface area contributed by atoms with Crippen LogP contribution in [0.15, 0.2) is 34.1 Å². The number of hydrogen-bond acceptors (Lipinski definition) is 3. The van der Waals surface area contributed by atoms with Gasteiger partial charge in [0.15, 0.2) is 5.78 Å². The first-order chi connectivity index (χ1) is 9.31. The van der Waals surface area contributed by atoms with Gasteiger partial charge in [-0.2, -0.15) is 0 Å². The molecule has 0 atom stereocenters. The largest absolute Gasteiger partial charge is 0.306 e. The van der Waals surface area contributed by atoms with Crippen molar-refractivity contribution in [2.45, 2.75) is 40.0 Å². The molecule has 0 radical (unpaired) electrons. The summed E-state index contributed by atoms with van der Waals surface area (Å²) >= 11 is 1.43. The fraction of sp³-hybridized carbons (Fsp3) is 0.588. The monoisotopic (exact) mass is 293 g/mol. The van der Waals surface area contributed by atoms with Crippen molar-refractivity contribution in [2.24, 2.45) is 5.92 Å². The SMILES string of the molecule is C=C(SC(=C)C(C)=C(C)C)C(=O)CC1CCN(C)CC1. The highest BCUT2D eigenvalue weighted by Crippen LogP contribution is 2.32. The van der Waals surface area contributed by atoms with Gasteiger partial charge in [0.2, 0.25) is 0 Å². The van der Waals surface area contributed by atoms with Gasteiger partial charge in [0.05, 0.1) is 0 Å². The number of thioether (sulfide) groups is 1. The zero-order valence-electron chi connectivity index (χ0n) is 13.3. The molecule has 0 saturated carbocycles. The second-order valence-electron chi connectivity index (χ2n) is 5.95. The van der Waals surface area contributed by atoms with Gasteiger partial charge in [0.1, 0.15) is 0 Å². The van der Waals surface area contributed by atoms with Crippen LogP contribution in [0.25, 0.3) is 0 Å². The summed E-state index contributed by atoms with van der Waals surface area (Å²) in [4.78, 5) is 16.1. The van der Waals surface area contributed by atoms with E-state index in [-0.39, 0.29) is 5.78 Å². The van der Waals surface area contributed by atoms with Crippen molar-refractivity contribution in [1.29, 1.82) is 0 Å². The summed E-state index contributed by atoms with van der Waals surface area (Å²) in [6.45, 7) is 16.3. The van der Waals surface area contributed by atoms with Crippen molar-refractivity contribution in [3.8, 4) is 0 Å². The van der Waals surface area contributed by atoms with Crippen LogP contribution in [0.4, 0.5) is 0 Å². The maximum atomic E-state index is 12.2. The fourth-order valence-corrected chi connectivity index (χ4v) is 3.06. The molecule has 0 spiro atoms. The number of ketones is 1. The number of allylic oxidation sites excluding steroid dienone is 3. The first-order valence-corrected chi connectivity index (χ1v) is 8.04. The Morgan fingerprint density at radius 1 is 1.15 bits per heavy atom. The van der Waals surface area contributed by atoms with E-state index in [0.717, 1.165) is 36.4 Å². The maximum absolute atomic E-state index is 12.2. The third-order valence-electron chi connectivity index (χ3n) is 4.04. The van der Waals surface area contributed by atoms with Gasteiger partial charge < -0.3 is 4.90 Å². The third kappa shape index (κ3) is 5.29. The minimum absolute atomic E-state index is 0.187. The maximum Gasteiger partial charge on any atom is 0.169 e. The molecule has 3 heteroatoms. The first kappa shape index (κ1) is 17.3. The van der Waals surface area contributed by atoms with Gasteiger partial charge in [-0.25, -0.2) is 0 Å². The van der Waals surface area contributed by atoms with E-state index in [1.165, 1.54) is 17.3 Å². The van der Waals surface area contributed by atoms with Gasteiger partial charge in [-0.15, -0.1) is 0 Å². The molecule has 0 unspecified atom stereocenters. The standard InChI is InChI=1S/C17H27NOS/c1-12(2)13(3)14(4)20-15(5)17(19)11-16-7-9-18(6)10-8-16/h16H,4-5,7-11H2,1-3,6H3. The number of carbonyl (C=O) groups excluding carboxylic acids is 1. The number of nitrogens with zero attached hydrogens (tertiary/aromatic N) is 1. The van der Waals surface area contributed by atoms with Crippen molar-refractivity contribution < 1.29 is 4.79 Å². The number of carbonyl (C=O) groups is 1. The number of rotatable bonds is 6. The third-order valence-corrected chi connectivity index (χ3v) is 5.06. The Labute approximate surface area is 128 Å². The molecule has 20 heavy (non-hydrogen) atoms. The molecule has 1 aliphatic rings. The summed E-state index contributed by atoms with van der Waals surface area (Å²) in [5.74, 6) is 0.709. The number of hydrogen-bond donors (Lipinski definition) is 0. The molecule has 1 saturated heterocycles. The molecule has 1 heterocycles. The number of likely N-dealkylation sites (tertiary alicyclic amines) is 1. The van der Waals surface area contributed by atoms with Crippen molar-refractivity contribution in [3.63, 3.8) is 0 Å². The highest BCUT2D eigenvalue weighted by molar-refractivity contribution is 8.07. The number of piperidine rings is 1. The van der Waals surface area contributed by atoms with E-state index in [1.807, 2.05) is 6.92 Å². The zero-order valence-corrected chi connectivity index (χ0v) is 14.1. The van der Waals surface area contributed by atoms with E-state index < -0.39 is 0 Å². The van der Waals surface area contributed by atoms with Crippen LogP contribution in [-0.2, 0) is 4.79 Å². The Balaban J connectivity index is 2.46. The molecule has 0 aromatic rings. The van der Waals surface area contributed by atoms with Crippen molar-refractivity contribution in [2.75, 3.05) is 20.1 Å². The smallest absolute Gasteiger partial charge is 0.169 e. The van der Waals surface area contributed by atoms with Crippen LogP contribution < -0.4 is 0 Å². The van der Waals surface area contributed by atoms with Gasteiger partial charge in [-0.3, -0.25) is 4.79 Å². The van der Waals surface area contributed by atoms with E-state index in [1.54, 1.807) is 0 Å². The molecule has 0 N–H and O–H groups in total. The van der Waals surface area contributed by atoms with Crippen LogP contribution in [0.5, 0.6) is 0 Å². The quantitative estimate of drug-likeness (QED) is 0.534. The van der Waals surface area contributed by atoms with Crippen LogP contribution in [0.2, 0.25) is 0 Å². The Kier molecular flexibility index (Phi) is 6.77. The lowest BCUT2D eigenvalue weighted by Gasteiger charge is -2.28. The van der Waals surface area contributed by atoms with Crippen LogP contribution in [-0.4, -0.2) is 30.8 Å². The molecule has 1 rings (SSSR count). The Hall–Kier alpha value is -0.800. The molecule has 112 valence electrons. The highest BCUT2D eigenvalue weighted by atomic mass is 32.2. The molecule has 0 aromatic carbocycles. The average molecular weight is 293 g/mol. The molecule has 1 aliphatic heterocycles. The summed E-state index contributed by atoms with van der Waals surface area (Å²) < 4.78 is 0. The molecule has 0 aliphatic carbocycles. The number of Topliss-reactive ketones (excluding diaryl/α,β-unsaturated/α-hetero) is 1. The molecular weight excluding hydrogens is 266 g/mol. The van der Waals surface area contributed by atoms with Crippen molar-refractivity contribution in [1.82, 2.24) is 4.90 Å². The van der Waals surface area contributed by atoms with E-state index >= 15 is 0 Å². The zero-order chi connectivity index (χ0) is 15.3.